The van der Waals surface area contributed by atoms with E-state index in [4.69, 9.17) is 21.1 Å². The van der Waals surface area contributed by atoms with Crippen LogP contribution in [0.4, 0.5) is 0 Å². The summed E-state index contributed by atoms with van der Waals surface area (Å²) in [5, 5.41) is 3.14. The number of nitrogens with zero attached hydrogens (tertiary/aromatic N) is 1. The van der Waals surface area contributed by atoms with E-state index in [1.165, 1.54) is 5.56 Å². The molecule has 0 unspecified atom stereocenters. The highest BCUT2D eigenvalue weighted by Crippen LogP contribution is 2.15. The first-order valence-electron chi connectivity index (χ1n) is 7.01. The standard InChI is InChI=1S/C16H20ClNO2S/c1-19-10-8-13-4-6-15(7-5-13)20-9-2-3-16-18-14(11-17)12-21-16/h4-7,12H,2-3,8-11H2,1H3. The van der Waals surface area contributed by atoms with Gasteiger partial charge in [0, 0.05) is 18.9 Å². The molecule has 0 atom stereocenters. The lowest BCUT2D eigenvalue weighted by Crippen LogP contribution is -2.00. The number of aryl methyl sites for hydroxylation is 1. The number of halogens is 1. The summed E-state index contributed by atoms with van der Waals surface area (Å²) < 4.78 is 10.8. The van der Waals surface area contributed by atoms with E-state index in [2.05, 4.69) is 17.1 Å². The van der Waals surface area contributed by atoms with Crippen LogP contribution in [0.25, 0.3) is 0 Å². The van der Waals surface area contributed by atoms with E-state index >= 15 is 0 Å². The largest absolute Gasteiger partial charge is 0.494 e. The molecular formula is C16H20ClNO2S. The van der Waals surface area contributed by atoms with Crippen LogP contribution in [0.5, 0.6) is 5.75 Å². The van der Waals surface area contributed by atoms with Crippen molar-refractivity contribution in [1.82, 2.24) is 4.98 Å². The fourth-order valence-electron chi connectivity index (χ4n) is 1.91. The molecule has 1 aromatic heterocycles. The Hall–Kier alpha value is -1.10. The number of hydrogen-bond acceptors (Lipinski definition) is 4. The minimum Gasteiger partial charge on any atom is -0.494 e. The van der Waals surface area contributed by atoms with Gasteiger partial charge in [0.15, 0.2) is 0 Å². The van der Waals surface area contributed by atoms with Crippen LogP contribution >= 0.6 is 22.9 Å². The Morgan fingerprint density at radius 3 is 2.62 bits per heavy atom. The SMILES string of the molecule is COCCc1ccc(OCCCc2nc(CCl)cs2)cc1. The Morgan fingerprint density at radius 2 is 1.95 bits per heavy atom. The average Bonchev–Trinajstić information content (AvgIpc) is 2.99. The third-order valence-electron chi connectivity index (χ3n) is 3.06. The number of thiazole rings is 1. The van der Waals surface area contributed by atoms with E-state index in [0.29, 0.717) is 12.5 Å². The lowest BCUT2D eigenvalue weighted by molar-refractivity contribution is 0.202. The first kappa shape index (κ1) is 16.3. The van der Waals surface area contributed by atoms with Crippen LogP contribution in [-0.4, -0.2) is 25.3 Å². The zero-order valence-electron chi connectivity index (χ0n) is 12.2. The second kappa shape index (κ2) is 9.03. The van der Waals surface area contributed by atoms with Crippen LogP contribution in [0.1, 0.15) is 22.7 Å². The second-order valence-corrected chi connectivity index (χ2v) is 5.91. The van der Waals surface area contributed by atoms with Crippen LogP contribution in [0.2, 0.25) is 0 Å². The van der Waals surface area contributed by atoms with Crippen molar-refractivity contribution in [1.29, 1.82) is 0 Å². The molecule has 3 nitrogen and oxygen atoms in total. The Kier molecular flexibility index (Phi) is 7.00. The van der Waals surface area contributed by atoms with Gasteiger partial charge in [-0.25, -0.2) is 4.98 Å². The van der Waals surface area contributed by atoms with E-state index in [1.807, 2.05) is 17.5 Å². The van der Waals surface area contributed by atoms with Gasteiger partial charge in [0.05, 0.1) is 29.8 Å². The maximum absolute atomic E-state index is 5.74. The first-order chi connectivity index (χ1) is 10.3. The molecule has 2 aromatic rings. The smallest absolute Gasteiger partial charge is 0.119 e. The van der Waals surface area contributed by atoms with Crippen molar-refractivity contribution in [3.8, 4) is 5.75 Å². The number of rotatable bonds is 9. The third kappa shape index (κ3) is 5.65. The fraction of sp³-hybridized carbons (Fsp3) is 0.438. The van der Waals surface area contributed by atoms with Gasteiger partial charge in [-0.05, 0) is 30.5 Å². The highest BCUT2D eigenvalue weighted by Gasteiger charge is 2.01. The number of hydrogen-bond donors (Lipinski definition) is 0. The molecule has 2 rings (SSSR count). The Labute approximate surface area is 134 Å². The number of benzene rings is 1. The predicted molar refractivity (Wildman–Crippen MR) is 87.5 cm³/mol. The highest BCUT2D eigenvalue weighted by molar-refractivity contribution is 7.09. The molecule has 0 bridgehead atoms. The zero-order chi connectivity index (χ0) is 14.9. The maximum atomic E-state index is 5.74. The monoisotopic (exact) mass is 325 g/mol. The molecule has 0 spiro atoms. The summed E-state index contributed by atoms with van der Waals surface area (Å²) in [4.78, 5) is 4.43. The van der Waals surface area contributed by atoms with Crippen molar-refractivity contribution in [3.63, 3.8) is 0 Å². The highest BCUT2D eigenvalue weighted by atomic mass is 35.5. The molecular weight excluding hydrogens is 306 g/mol. The molecule has 0 aliphatic rings. The zero-order valence-corrected chi connectivity index (χ0v) is 13.8. The molecule has 1 heterocycles. The Morgan fingerprint density at radius 1 is 1.14 bits per heavy atom. The summed E-state index contributed by atoms with van der Waals surface area (Å²) in [5.41, 5.74) is 2.23. The molecule has 0 amide bonds. The minimum absolute atomic E-state index is 0.489. The van der Waals surface area contributed by atoms with Gasteiger partial charge in [0.1, 0.15) is 5.75 Å². The van der Waals surface area contributed by atoms with Gasteiger partial charge in [-0.2, -0.15) is 0 Å². The van der Waals surface area contributed by atoms with Gasteiger partial charge in [-0.15, -0.1) is 22.9 Å². The molecule has 0 N–H and O–H groups in total. The molecule has 0 saturated carbocycles. The second-order valence-electron chi connectivity index (χ2n) is 4.70. The van der Waals surface area contributed by atoms with Crippen LogP contribution in [-0.2, 0) is 23.5 Å². The maximum Gasteiger partial charge on any atom is 0.119 e. The number of ether oxygens (including phenoxy) is 2. The van der Waals surface area contributed by atoms with Crippen molar-refractivity contribution in [2.24, 2.45) is 0 Å². The Bertz CT molecular complexity index is 527. The predicted octanol–water partition coefficient (Wildman–Crippen LogP) is 4.08. The van der Waals surface area contributed by atoms with Crippen molar-refractivity contribution in [3.05, 3.63) is 45.9 Å². The van der Waals surface area contributed by atoms with Gasteiger partial charge in [-0.1, -0.05) is 12.1 Å². The lowest BCUT2D eigenvalue weighted by Gasteiger charge is -2.06. The number of alkyl halides is 1. The van der Waals surface area contributed by atoms with Gasteiger partial charge < -0.3 is 9.47 Å². The van der Waals surface area contributed by atoms with E-state index in [1.54, 1.807) is 18.4 Å². The summed E-state index contributed by atoms with van der Waals surface area (Å²) in [5.74, 6) is 1.40. The number of methoxy groups -OCH3 is 1. The molecule has 0 radical (unpaired) electrons. The third-order valence-corrected chi connectivity index (χ3v) is 4.29. The van der Waals surface area contributed by atoms with Crippen molar-refractivity contribution in [2.75, 3.05) is 20.3 Å². The topological polar surface area (TPSA) is 31.4 Å². The van der Waals surface area contributed by atoms with E-state index in [0.717, 1.165) is 42.3 Å². The molecule has 1 aromatic carbocycles. The average molecular weight is 326 g/mol. The van der Waals surface area contributed by atoms with E-state index < -0.39 is 0 Å². The van der Waals surface area contributed by atoms with Crippen molar-refractivity contribution < 1.29 is 9.47 Å². The fourth-order valence-corrected chi connectivity index (χ4v) is 2.98. The molecule has 0 saturated heterocycles. The summed E-state index contributed by atoms with van der Waals surface area (Å²) >= 11 is 7.40. The first-order valence-corrected chi connectivity index (χ1v) is 8.43. The molecule has 0 aliphatic heterocycles. The summed E-state index contributed by atoms with van der Waals surface area (Å²) in [6.07, 6.45) is 2.83. The van der Waals surface area contributed by atoms with Gasteiger partial charge in [-0.3, -0.25) is 0 Å². The van der Waals surface area contributed by atoms with Crippen molar-refractivity contribution >= 4 is 22.9 Å². The Balaban J connectivity index is 1.68. The van der Waals surface area contributed by atoms with E-state index in [-0.39, 0.29) is 0 Å². The normalized spacial score (nSPS) is 10.8. The van der Waals surface area contributed by atoms with Crippen LogP contribution in [0, 0.1) is 0 Å². The lowest BCUT2D eigenvalue weighted by atomic mass is 10.1. The summed E-state index contributed by atoms with van der Waals surface area (Å²) in [6, 6.07) is 8.20. The van der Waals surface area contributed by atoms with Gasteiger partial charge >= 0.3 is 0 Å². The van der Waals surface area contributed by atoms with Gasteiger partial charge in [0.2, 0.25) is 0 Å². The molecule has 114 valence electrons. The molecule has 0 fully saturated rings. The van der Waals surface area contributed by atoms with Crippen LogP contribution < -0.4 is 4.74 Å². The van der Waals surface area contributed by atoms with E-state index in [9.17, 15) is 0 Å². The molecule has 0 aliphatic carbocycles. The summed E-state index contributed by atoms with van der Waals surface area (Å²) in [6.45, 7) is 1.45. The van der Waals surface area contributed by atoms with Gasteiger partial charge in [0.25, 0.3) is 0 Å². The summed E-state index contributed by atoms with van der Waals surface area (Å²) in [7, 11) is 1.72. The van der Waals surface area contributed by atoms with Crippen LogP contribution in [0.15, 0.2) is 29.6 Å². The number of aromatic nitrogens is 1. The molecule has 21 heavy (non-hydrogen) atoms. The van der Waals surface area contributed by atoms with Crippen molar-refractivity contribution in [2.45, 2.75) is 25.1 Å². The quantitative estimate of drug-likeness (QED) is 0.514. The molecule has 5 heteroatoms. The minimum atomic E-state index is 0.489. The van der Waals surface area contributed by atoms with Crippen LogP contribution in [0.3, 0.4) is 0 Å².